The minimum atomic E-state index is -2.77. The number of carbonyl (C=O) groups is 1. The van der Waals surface area contributed by atoms with Crippen LogP contribution in [0.1, 0.15) is 35.9 Å². The van der Waals surface area contributed by atoms with Crippen LogP contribution in [0.4, 0.5) is 8.78 Å². The lowest BCUT2D eigenvalue weighted by atomic mass is 10.0. The number of fused-ring (bicyclic) bond motifs is 3. The van der Waals surface area contributed by atoms with E-state index >= 15 is 0 Å². The molecule has 0 saturated carbocycles. The van der Waals surface area contributed by atoms with Crippen LogP contribution >= 0.6 is 0 Å². The fourth-order valence-electron chi connectivity index (χ4n) is 2.76. The summed E-state index contributed by atoms with van der Waals surface area (Å²) >= 11 is 0. The van der Waals surface area contributed by atoms with Crippen molar-refractivity contribution in [3.63, 3.8) is 0 Å². The molecule has 0 aromatic carbocycles. The van der Waals surface area contributed by atoms with E-state index < -0.39 is 18.0 Å². The summed E-state index contributed by atoms with van der Waals surface area (Å²) < 4.78 is 32.0. The Balaban J connectivity index is 2.41. The Morgan fingerprint density at radius 1 is 1.45 bits per heavy atom. The first kappa shape index (κ1) is 12.8. The van der Waals surface area contributed by atoms with Crippen LogP contribution in [-0.2, 0) is 11.2 Å². The predicted octanol–water partition coefficient (Wildman–Crippen LogP) is 2.89. The predicted molar refractivity (Wildman–Crippen MR) is 69.2 cm³/mol. The van der Waals surface area contributed by atoms with Gasteiger partial charge < -0.3 is 10.2 Å². The Kier molecular flexibility index (Phi) is 2.64. The summed E-state index contributed by atoms with van der Waals surface area (Å²) in [6.07, 6.45) is -2.40. The number of nitrogens with zero attached hydrogens (tertiary/aromatic N) is 1. The largest absolute Gasteiger partial charge is 0.459 e. The minimum Gasteiger partial charge on any atom is -0.459 e. The lowest BCUT2D eigenvalue weighted by Crippen LogP contribution is -2.14. The van der Waals surface area contributed by atoms with E-state index in [4.69, 9.17) is 10.2 Å². The quantitative estimate of drug-likeness (QED) is 0.918. The third-order valence-corrected chi connectivity index (χ3v) is 3.48. The first-order valence-corrected chi connectivity index (χ1v) is 6.11. The van der Waals surface area contributed by atoms with Gasteiger partial charge in [0.1, 0.15) is 17.0 Å². The molecule has 2 N–H and O–H groups in total. The summed E-state index contributed by atoms with van der Waals surface area (Å²) in [4.78, 5) is 15.5. The molecule has 6 heteroatoms. The Bertz CT molecular complexity index is 775. The molecule has 2 aromatic rings. The van der Waals surface area contributed by atoms with E-state index in [2.05, 4.69) is 4.98 Å². The van der Waals surface area contributed by atoms with Crippen molar-refractivity contribution in [1.29, 1.82) is 0 Å². The summed E-state index contributed by atoms with van der Waals surface area (Å²) in [5.41, 5.74) is 7.28. The molecule has 104 valence electrons. The number of aromatic nitrogens is 1. The van der Waals surface area contributed by atoms with Crippen LogP contribution in [0.2, 0.25) is 0 Å². The zero-order valence-electron chi connectivity index (χ0n) is 11.0. The number of nitrogens with two attached hydrogens (primary N) is 1. The second-order valence-electron chi connectivity index (χ2n) is 4.92. The number of hydrogen-bond acceptors (Lipinski definition) is 3. The molecule has 0 atom stereocenters. The zero-order valence-corrected chi connectivity index (χ0v) is 11.0. The fraction of sp³-hybridized carbons (Fsp3) is 0.286. The van der Waals surface area contributed by atoms with E-state index in [1.54, 1.807) is 19.9 Å². The molecule has 4 nitrogen and oxygen atoms in total. The molecular weight excluding hydrogens is 266 g/mol. The van der Waals surface area contributed by atoms with Gasteiger partial charge in [-0.05, 0) is 20.3 Å². The lowest BCUT2D eigenvalue weighted by molar-refractivity contribution is -0.112. The van der Waals surface area contributed by atoms with Crippen LogP contribution in [0, 0.1) is 6.92 Å². The van der Waals surface area contributed by atoms with E-state index in [1.807, 2.05) is 0 Å². The molecule has 2 heterocycles. The molecule has 20 heavy (non-hydrogen) atoms. The molecule has 0 unspecified atom stereocenters. The van der Waals surface area contributed by atoms with Gasteiger partial charge >= 0.3 is 0 Å². The van der Waals surface area contributed by atoms with Crippen molar-refractivity contribution >= 4 is 22.6 Å². The number of halogens is 2. The number of allylic oxidation sites excluding steroid dienone is 1. The van der Waals surface area contributed by atoms with Gasteiger partial charge in [0.15, 0.2) is 5.58 Å². The molecule has 0 saturated heterocycles. The molecule has 1 aliphatic carbocycles. The number of carbonyl (C=O) groups excluding carboxylic acids is 1. The first-order valence-electron chi connectivity index (χ1n) is 6.11. The molecule has 0 bridgehead atoms. The minimum absolute atomic E-state index is 0.138. The molecule has 0 aliphatic heterocycles. The van der Waals surface area contributed by atoms with E-state index in [-0.39, 0.29) is 11.1 Å². The van der Waals surface area contributed by atoms with Crippen LogP contribution in [0.3, 0.4) is 0 Å². The number of primary amides is 1. The van der Waals surface area contributed by atoms with Gasteiger partial charge in [-0.15, -0.1) is 0 Å². The van der Waals surface area contributed by atoms with E-state index in [1.165, 1.54) is 0 Å². The van der Waals surface area contributed by atoms with Crippen molar-refractivity contribution in [2.75, 3.05) is 0 Å². The normalized spacial score (nSPS) is 14.4. The van der Waals surface area contributed by atoms with Gasteiger partial charge in [0.05, 0.1) is 0 Å². The topological polar surface area (TPSA) is 69.1 Å². The Morgan fingerprint density at radius 2 is 2.15 bits per heavy atom. The molecule has 0 radical (unpaired) electrons. The van der Waals surface area contributed by atoms with E-state index in [0.29, 0.717) is 34.4 Å². The number of rotatable bonds is 2. The summed E-state index contributed by atoms with van der Waals surface area (Å²) in [5, 5.41) is 0. The highest BCUT2D eigenvalue weighted by Gasteiger charge is 2.33. The van der Waals surface area contributed by atoms with Crippen LogP contribution in [0.15, 0.2) is 16.1 Å². The number of alkyl halides is 2. The van der Waals surface area contributed by atoms with Crippen molar-refractivity contribution in [2.45, 2.75) is 26.7 Å². The Labute approximate surface area is 113 Å². The Morgan fingerprint density at radius 3 is 2.75 bits per heavy atom. The second-order valence-corrected chi connectivity index (χ2v) is 4.92. The van der Waals surface area contributed by atoms with E-state index in [9.17, 15) is 13.6 Å². The maximum Gasteiger partial charge on any atom is 0.281 e. The van der Waals surface area contributed by atoms with Crippen LogP contribution in [0.5, 0.6) is 0 Å². The maximum absolute atomic E-state index is 13.3. The highest BCUT2D eigenvalue weighted by Crippen LogP contribution is 2.41. The van der Waals surface area contributed by atoms with Gasteiger partial charge in [-0.3, -0.25) is 4.79 Å². The van der Waals surface area contributed by atoms with E-state index in [0.717, 1.165) is 0 Å². The molecular formula is C14H12F2N2O2. The van der Waals surface area contributed by atoms with Crippen molar-refractivity contribution in [2.24, 2.45) is 5.73 Å². The smallest absolute Gasteiger partial charge is 0.281 e. The second kappa shape index (κ2) is 4.13. The third-order valence-electron chi connectivity index (χ3n) is 3.48. The van der Waals surface area contributed by atoms with Crippen LogP contribution in [0.25, 0.3) is 16.7 Å². The summed E-state index contributed by atoms with van der Waals surface area (Å²) in [7, 11) is 0. The molecule has 0 fully saturated rings. The van der Waals surface area contributed by atoms with Crippen molar-refractivity contribution < 1.29 is 18.0 Å². The van der Waals surface area contributed by atoms with Gasteiger partial charge in [-0.1, -0.05) is 5.57 Å². The SMILES string of the molecule is CC1=C(C(N)=O)c2c(C(F)F)nc3cc(C)oc3c2C1. The van der Waals surface area contributed by atoms with Gasteiger partial charge in [0, 0.05) is 22.8 Å². The molecule has 1 aliphatic rings. The van der Waals surface area contributed by atoms with Crippen molar-refractivity contribution in [1.82, 2.24) is 4.98 Å². The highest BCUT2D eigenvalue weighted by molar-refractivity contribution is 6.22. The molecule has 1 amide bonds. The van der Waals surface area contributed by atoms with Gasteiger partial charge in [0.2, 0.25) is 5.91 Å². The van der Waals surface area contributed by atoms with Crippen LogP contribution in [-0.4, -0.2) is 10.9 Å². The Hall–Kier alpha value is -2.24. The van der Waals surface area contributed by atoms with Crippen molar-refractivity contribution in [3.05, 3.63) is 34.2 Å². The first-order chi connectivity index (χ1) is 9.40. The highest BCUT2D eigenvalue weighted by atomic mass is 19.3. The van der Waals surface area contributed by atoms with Gasteiger partial charge in [0.25, 0.3) is 6.43 Å². The lowest BCUT2D eigenvalue weighted by Gasteiger charge is -2.09. The number of aryl methyl sites for hydroxylation is 1. The summed E-state index contributed by atoms with van der Waals surface area (Å²) in [6, 6.07) is 1.61. The van der Waals surface area contributed by atoms with Gasteiger partial charge in [-0.25, -0.2) is 13.8 Å². The summed E-state index contributed by atoms with van der Waals surface area (Å²) in [5.74, 6) is -0.126. The number of amides is 1. The van der Waals surface area contributed by atoms with Crippen molar-refractivity contribution in [3.8, 4) is 0 Å². The monoisotopic (exact) mass is 278 g/mol. The average molecular weight is 278 g/mol. The van der Waals surface area contributed by atoms with Crippen LogP contribution < -0.4 is 5.73 Å². The fourth-order valence-corrected chi connectivity index (χ4v) is 2.76. The average Bonchev–Trinajstić information content (AvgIpc) is 2.86. The maximum atomic E-state index is 13.3. The summed E-state index contributed by atoms with van der Waals surface area (Å²) in [6.45, 7) is 3.43. The molecule has 0 spiro atoms. The molecule has 2 aromatic heterocycles. The zero-order chi connectivity index (χ0) is 14.6. The number of pyridine rings is 1. The third kappa shape index (κ3) is 1.64. The standard InChI is InChI=1S/C14H12F2N2O2/c1-5-3-7-10(9(5)14(17)19)11(13(15)16)18-8-4-6(2)20-12(7)8/h4,13H,3H2,1-2H3,(H2,17,19). The number of furan rings is 1. The number of hydrogen-bond donors (Lipinski definition) is 1. The van der Waals surface area contributed by atoms with Gasteiger partial charge in [-0.2, -0.15) is 0 Å². The molecule has 3 rings (SSSR count).